The number of carbonyl (C=O) groups is 8. The molecule has 0 saturated heterocycles. The molecule has 0 radical (unpaired) electrons. The van der Waals surface area contributed by atoms with Gasteiger partial charge in [-0.1, -0.05) is 71.2 Å². The van der Waals surface area contributed by atoms with Gasteiger partial charge >= 0.3 is 24.4 Å². The second-order valence-corrected chi connectivity index (χ2v) is 34.1. The molecule has 2 aliphatic heterocycles. The van der Waals surface area contributed by atoms with Gasteiger partial charge in [0, 0.05) is 57.0 Å². The number of hydrogen-bond acceptors (Lipinski definition) is 25. The van der Waals surface area contributed by atoms with Gasteiger partial charge in [0.15, 0.2) is 0 Å². The van der Waals surface area contributed by atoms with E-state index >= 15 is 0 Å². The molecule has 4 aromatic heterocycles. The lowest BCUT2D eigenvalue weighted by molar-refractivity contribution is 0.0511. The summed E-state index contributed by atoms with van der Waals surface area (Å²) in [4.78, 5) is 106. The van der Waals surface area contributed by atoms with E-state index in [0.717, 1.165) is 31.4 Å². The fourth-order valence-electron chi connectivity index (χ4n) is 10.2. The van der Waals surface area contributed by atoms with E-state index in [0.29, 0.717) is 70.7 Å². The van der Waals surface area contributed by atoms with Gasteiger partial charge in [0.1, 0.15) is 32.4 Å². The predicted octanol–water partition coefficient (Wildman–Crippen LogP) is 13.3. The Labute approximate surface area is 615 Å². The van der Waals surface area contributed by atoms with Crippen molar-refractivity contribution >= 4 is 155 Å². The number of halogens is 1. The lowest BCUT2D eigenvalue weighted by Gasteiger charge is -2.25. The molecule has 105 heavy (non-hydrogen) atoms. The Hall–Kier alpha value is -11.1. The first-order valence-electron chi connectivity index (χ1n) is 32.0. The van der Waals surface area contributed by atoms with Crippen molar-refractivity contribution in [2.75, 3.05) is 44.9 Å². The summed E-state index contributed by atoms with van der Waals surface area (Å²) < 4.78 is 74.8. The molecule has 3 N–H and O–H groups in total. The van der Waals surface area contributed by atoms with Crippen molar-refractivity contribution in [1.82, 2.24) is 49.8 Å². The molecule has 6 aromatic carbocycles. The molecule has 0 bridgehead atoms. The SMILES string of the molecule is CC(C)(C)OC(=O)N(c1ccc2c(cnn2C(=O)OC(C)(C)C)c1)c1nnc(-c2cccc(N)c2)s1.CC(C)(C)OC(=O)N(c1ccc2c(cnn2C(=O)OC(C)(C)C)c1)c1nnc(-c2cccc(NS(=O)(=O)CCN3C(=O)c4ccccc4C3=O)c2)s1.O=C1c2ccccc2C(=O)N1CCS(=O)(=O)Cl. The third kappa shape index (κ3) is 18.8. The molecule has 2 aliphatic rings. The van der Waals surface area contributed by atoms with Crippen LogP contribution in [0, 0.1) is 0 Å². The summed E-state index contributed by atoms with van der Waals surface area (Å²) in [6, 6.07) is 36.4. The summed E-state index contributed by atoms with van der Waals surface area (Å²) in [6.45, 7) is 20.6. The molecule has 10 aromatic rings. The van der Waals surface area contributed by atoms with Crippen LogP contribution in [0.4, 0.5) is 52.2 Å². The molecule has 6 heterocycles. The van der Waals surface area contributed by atoms with Crippen LogP contribution in [0.3, 0.4) is 0 Å². The number of hydrogen-bond donors (Lipinski definition) is 2. The fourth-order valence-corrected chi connectivity index (χ4v) is 13.5. The second kappa shape index (κ2) is 30.0. The maximum atomic E-state index is 13.6. The van der Waals surface area contributed by atoms with Crippen LogP contribution in [0.1, 0.15) is 125 Å². The zero-order chi connectivity index (χ0) is 76.5. The van der Waals surface area contributed by atoms with Gasteiger partial charge in [-0.25, -0.2) is 45.8 Å². The number of sulfonamides is 1. The maximum absolute atomic E-state index is 13.6. The molecule has 0 fully saturated rings. The standard InChI is InChI=1S/C35H35N7O8S2.C25H28N6O4S.C10H8ClNO4S/c1-34(2,3)49-32(45)41(24-14-15-27-22(19-24)20-36-42(27)33(46)50-35(4,5)6)31-38-37-28(51-31)21-10-9-11-23(18-21)39-52(47,48)17-16-40-29(43)25-12-7-8-13-26(25)30(40)44;1-24(2,3)34-22(32)30(21-29-28-20(36-21)15-8-7-9-17(26)12-15)18-10-11-19-16(13-18)14-27-31(19)23(33)35-25(4,5)6;11-17(15,16)6-5-12-9(13)7-3-1-2-4-8(7)10(12)14/h7-15,18-20,39H,16-17H2,1-6H3;7-14H,26H2,1-6H3;1-4H,5-6H2. The van der Waals surface area contributed by atoms with E-state index in [1.807, 2.05) is 12.1 Å². The number of benzene rings is 6. The molecule has 35 heteroatoms. The van der Waals surface area contributed by atoms with Crippen LogP contribution in [0.15, 0.2) is 146 Å². The molecule has 0 spiro atoms. The van der Waals surface area contributed by atoms with Crippen LogP contribution >= 0.6 is 33.4 Å². The quantitative estimate of drug-likeness (QED) is 0.0442. The first-order chi connectivity index (χ1) is 49.1. The minimum Gasteiger partial charge on any atom is -0.443 e. The van der Waals surface area contributed by atoms with Crippen molar-refractivity contribution in [2.45, 2.75) is 105 Å². The number of rotatable bonds is 14. The molecule has 6 amide bonds. The minimum atomic E-state index is -3.99. The smallest absolute Gasteiger partial charge is 0.435 e. The van der Waals surface area contributed by atoms with Gasteiger partial charge in [-0.3, -0.25) is 33.7 Å². The van der Waals surface area contributed by atoms with Crippen LogP contribution < -0.4 is 20.3 Å². The highest BCUT2D eigenvalue weighted by atomic mass is 35.7. The molecule has 548 valence electrons. The summed E-state index contributed by atoms with van der Waals surface area (Å²) in [5.41, 5.74) is 7.96. The average Bonchev–Trinajstić information content (AvgIpc) is 1.70. The van der Waals surface area contributed by atoms with Crippen molar-refractivity contribution < 1.29 is 74.1 Å². The number of nitrogens with two attached hydrogens (primary N) is 1. The molecule has 12 rings (SSSR count). The van der Waals surface area contributed by atoms with Gasteiger partial charge in [-0.2, -0.15) is 19.6 Å². The van der Waals surface area contributed by atoms with Crippen molar-refractivity contribution in [3.63, 3.8) is 0 Å². The van der Waals surface area contributed by atoms with Gasteiger partial charge in [0.05, 0.1) is 68.6 Å². The molecule has 30 nitrogen and oxygen atoms in total. The van der Waals surface area contributed by atoms with Gasteiger partial charge in [0.25, 0.3) is 23.6 Å². The van der Waals surface area contributed by atoms with E-state index in [1.165, 1.54) is 62.5 Å². The average molecular weight is 1530 g/mol. The first-order valence-corrected chi connectivity index (χ1v) is 37.8. The zero-order valence-corrected chi connectivity index (χ0v) is 62.7. The van der Waals surface area contributed by atoms with Gasteiger partial charge in [-0.05, 0) is 168 Å². The van der Waals surface area contributed by atoms with Crippen LogP contribution in [-0.2, 0) is 38.0 Å². The molecule has 0 saturated carbocycles. The Balaban J connectivity index is 0.000000191. The monoisotopic (exact) mass is 1530 g/mol. The number of nitrogen functional groups attached to an aromatic ring is 1. The third-order valence-corrected chi connectivity index (χ3v) is 18.8. The zero-order valence-electron chi connectivity index (χ0n) is 58.7. The van der Waals surface area contributed by atoms with Crippen LogP contribution in [-0.4, -0.2) is 162 Å². The first kappa shape index (κ1) is 76.6. The number of nitrogens with zero attached hydrogens (tertiary/aromatic N) is 12. The normalized spacial score (nSPS) is 13.2. The van der Waals surface area contributed by atoms with Crippen LogP contribution in [0.2, 0.25) is 0 Å². The van der Waals surface area contributed by atoms with E-state index in [-0.39, 0.29) is 35.0 Å². The summed E-state index contributed by atoms with van der Waals surface area (Å²) >= 11 is 2.29. The number of ether oxygens (including phenoxy) is 4. The number of carbonyl (C=O) groups excluding carboxylic acids is 8. The lowest BCUT2D eigenvalue weighted by Crippen LogP contribution is -2.35. The third-order valence-electron chi connectivity index (χ3n) is 14.5. The Morgan fingerprint density at radius 2 is 0.867 bits per heavy atom. The van der Waals surface area contributed by atoms with E-state index < -0.39 is 101 Å². The molecular weight excluding hydrogens is 1460 g/mol. The number of aromatic nitrogens is 8. The van der Waals surface area contributed by atoms with E-state index in [4.69, 9.17) is 35.4 Å². The summed E-state index contributed by atoms with van der Waals surface area (Å²) in [5.74, 6) is -3.00. The summed E-state index contributed by atoms with van der Waals surface area (Å²) in [5, 5.41) is 28.1. The van der Waals surface area contributed by atoms with Crippen LogP contribution in [0.25, 0.3) is 42.9 Å². The molecule has 0 atom stereocenters. The van der Waals surface area contributed by atoms with Crippen molar-refractivity contribution in [3.8, 4) is 21.1 Å². The second-order valence-electron chi connectivity index (χ2n) is 27.5. The Bertz CT molecular complexity index is 5250. The topological polar surface area (TPSA) is 380 Å². The van der Waals surface area contributed by atoms with E-state index in [1.54, 1.807) is 180 Å². The lowest BCUT2D eigenvalue weighted by atomic mass is 10.1. The van der Waals surface area contributed by atoms with Crippen LogP contribution in [0.5, 0.6) is 0 Å². The van der Waals surface area contributed by atoms with Crippen molar-refractivity contribution in [1.29, 1.82) is 0 Å². The largest absolute Gasteiger partial charge is 0.443 e. The number of anilines is 6. The number of fused-ring (bicyclic) bond motifs is 4. The van der Waals surface area contributed by atoms with Gasteiger partial charge in [0.2, 0.25) is 29.3 Å². The molecular formula is C70H71ClN14O16S4. The number of nitrogens with one attached hydrogen (secondary N) is 1. The number of amides is 6. The van der Waals surface area contributed by atoms with Gasteiger partial charge < -0.3 is 24.7 Å². The Morgan fingerprint density at radius 1 is 0.486 bits per heavy atom. The van der Waals surface area contributed by atoms with E-state index in [9.17, 15) is 55.2 Å². The highest BCUT2D eigenvalue weighted by molar-refractivity contribution is 8.13. The summed E-state index contributed by atoms with van der Waals surface area (Å²) in [7, 11) is -2.67. The highest BCUT2D eigenvalue weighted by Crippen LogP contribution is 2.39. The number of imide groups is 2. The maximum Gasteiger partial charge on any atom is 0.435 e. The van der Waals surface area contributed by atoms with Crippen molar-refractivity contribution in [2.24, 2.45) is 0 Å². The summed E-state index contributed by atoms with van der Waals surface area (Å²) in [6.07, 6.45) is 0.429. The van der Waals surface area contributed by atoms with Gasteiger partial charge in [-0.15, -0.1) is 20.4 Å². The fraction of sp³-hybridized carbons (Fsp3) is 0.286. The van der Waals surface area contributed by atoms with E-state index in [2.05, 4.69) is 35.3 Å². The Kier molecular flexibility index (Phi) is 21.8. The minimum absolute atomic E-state index is 0.162. The predicted molar refractivity (Wildman–Crippen MR) is 395 cm³/mol. The molecule has 0 unspecified atom stereocenters. The molecule has 0 aliphatic carbocycles. The highest BCUT2D eigenvalue weighted by Gasteiger charge is 2.38. The van der Waals surface area contributed by atoms with Crippen molar-refractivity contribution in [3.05, 3.63) is 168 Å². The Morgan fingerprint density at radius 3 is 1.25 bits per heavy atom.